The molecule has 110 valence electrons. The van der Waals surface area contributed by atoms with Gasteiger partial charge in [0, 0.05) is 18.9 Å². The van der Waals surface area contributed by atoms with Gasteiger partial charge in [0.05, 0.1) is 0 Å². The maximum Gasteiger partial charge on any atom is 0.248 e. The van der Waals surface area contributed by atoms with Crippen molar-refractivity contribution in [1.82, 2.24) is 5.32 Å². The second-order valence-corrected chi connectivity index (χ2v) is 6.40. The van der Waals surface area contributed by atoms with E-state index in [1.807, 2.05) is 6.07 Å². The monoisotopic (exact) mass is 279 g/mol. The van der Waals surface area contributed by atoms with Crippen molar-refractivity contribution in [2.75, 3.05) is 6.54 Å². The Morgan fingerprint density at radius 1 is 1.10 bits per heavy atom. The highest BCUT2D eigenvalue weighted by Crippen LogP contribution is 2.41. The molecular weight excluding hydrogens is 256 g/mol. The third kappa shape index (κ3) is 3.20. The molecule has 0 amide bonds. The number of halogens is 2. The zero-order chi connectivity index (χ0) is 14.0. The fraction of sp³-hybridized carbons (Fsp3) is 0.647. The van der Waals surface area contributed by atoms with E-state index in [0.717, 1.165) is 25.8 Å². The van der Waals surface area contributed by atoms with Crippen LogP contribution in [0.1, 0.15) is 50.0 Å². The van der Waals surface area contributed by atoms with Crippen LogP contribution in [0, 0.1) is 5.92 Å². The molecule has 3 atom stereocenters. The number of benzene rings is 1. The van der Waals surface area contributed by atoms with E-state index in [9.17, 15) is 8.78 Å². The van der Waals surface area contributed by atoms with E-state index in [-0.39, 0.29) is 24.8 Å². The first kappa shape index (κ1) is 14.0. The topological polar surface area (TPSA) is 12.0 Å². The van der Waals surface area contributed by atoms with Gasteiger partial charge in [-0.3, -0.25) is 0 Å². The van der Waals surface area contributed by atoms with Crippen LogP contribution in [0.25, 0.3) is 0 Å². The first-order valence-electron chi connectivity index (χ1n) is 7.80. The Balaban J connectivity index is 1.66. The quantitative estimate of drug-likeness (QED) is 0.848. The van der Waals surface area contributed by atoms with Crippen molar-refractivity contribution >= 4 is 0 Å². The second-order valence-electron chi connectivity index (χ2n) is 6.40. The van der Waals surface area contributed by atoms with Gasteiger partial charge in [0.1, 0.15) is 0 Å². The van der Waals surface area contributed by atoms with E-state index < -0.39 is 5.92 Å². The van der Waals surface area contributed by atoms with Crippen molar-refractivity contribution in [3.63, 3.8) is 0 Å². The molecule has 0 radical (unpaired) electrons. The van der Waals surface area contributed by atoms with Crippen LogP contribution in [0.2, 0.25) is 0 Å². The maximum atomic E-state index is 13.6. The van der Waals surface area contributed by atoms with Gasteiger partial charge in [0.25, 0.3) is 0 Å². The van der Waals surface area contributed by atoms with Gasteiger partial charge in [-0.15, -0.1) is 0 Å². The highest BCUT2D eigenvalue weighted by atomic mass is 19.3. The summed E-state index contributed by atoms with van der Waals surface area (Å²) in [5.41, 5.74) is 1.36. The SMILES string of the molecule is FC1(F)CCC[C@H]([C@@H]2C[C@H](c3ccccc3)CCN2)C1. The minimum Gasteiger partial charge on any atom is -0.314 e. The summed E-state index contributed by atoms with van der Waals surface area (Å²) in [5.74, 6) is -1.77. The Bertz CT molecular complexity index is 432. The number of nitrogens with one attached hydrogen (secondary N) is 1. The van der Waals surface area contributed by atoms with Gasteiger partial charge in [0.15, 0.2) is 0 Å². The zero-order valence-electron chi connectivity index (χ0n) is 11.8. The molecule has 1 aliphatic carbocycles. The summed E-state index contributed by atoms with van der Waals surface area (Å²) in [6.45, 7) is 0.951. The molecule has 1 aliphatic heterocycles. The van der Waals surface area contributed by atoms with Crippen LogP contribution in [-0.4, -0.2) is 18.5 Å². The third-order valence-corrected chi connectivity index (χ3v) is 4.96. The highest BCUT2D eigenvalue weighted by molar-refractivity contribution is 5.20. The molecule has 0 unspecified atom stereocenters. The van der Waals surface area contributed by atoms with Crippen LogP contribution < -0.4 is 5.32 Å². The number of hydrogen-bond acceptors (Lipinski definition) is 1. The zero-order valence-corrected chi connectivity index (χ0v) is 11.8. The maximum absolute atomic E-state index is 13.6. The predicted molar refractivity (Wildman–Crippen MR) is 77.1 cm³/mol. The number of alkyl halides is 2. The molecular formula is C17H23F2N. The Labute approximate surface area is 119 Å². The number of hydrogen-bond donors (Lipinski definition) is 1. The number of rotatable bonds is 2. The largest absolute Gasteiger partial charge is 0.314 e. The Morgan fingerprint density at radius 3 is 2.65 bits per heavy atom. The summed E-state index contributed by atoms with van der Waals surface area (Å²) in [4.78, 5) is 0. The lowest BCUT2D eigenvalue weighted by Gasteiger charge is -2.39. The molecule has 1 nitrogen and oxygen atoms in total. The van der Waals surface area contributed by atoms with Gasteiger partial charge in [-0.25, -0.2) is 8.78 Å². The molecule has 1 N–H and O–H groups in total. The molecule has 1 saturated carbocycles. The second kappa shape index (κ2) is 5.80. The molecule has 0 bridgehead atoms. The summed E-state index contributed by atoms with van der Waals surface area (Å²) < 4.78 is 27.2. The Morgan fingerprint density at radius 2 is 1.90 bits per heavy atom. The van der Waals surface area contributed by atoms with Gasteiger partial charge in [0.2, 0.25) is 5.92 Å². The van der Waals surface area contributed by atoms with E-state index in [1.54, 1.807) is 0 Å². The minimum atomic E-state index is -2.44. The minimum absolute atomic E-state index is 0.0756. The lowest BCUT2D eigenvalue weighted by Crippen LogP contribution is -2.45. The van der Waals surface area contributed by atoms with E-state index in [0.29, 0.717) is 12.3 Å². The smallest absolute Gasteiger partial charge is 0.248 e. The normalized spacial score (nSPS) is 33.8. The van der Waals surface area contributed by atoms with E-state index in [1.165, 1.54) is 5.56 Å². The van der Waals surface area contributed by atoms with E-state index in [2.05, 4.69) is 29.6 Å². The molecule has 3 heteroatoms. The van der Waals surface area contributed by atoms with Crippen LogP contribution in [-0.2, 0) is 0 Å². The van der Waals surface area contributed by atoms with Crippen molar-refractivity contribution in [1.29, 1.82) is 0 Å². The molecule has 2 aliphatic rings. The average molecular weight is 279 g/mol. The molecule has 0 spiro atoms. The predicted octanol–water partition coefficient (Wildman–Crippen LogP) is 4.35. The number of piperidine rings is 1. The summed E-state index contributed by atoms with van der Waals surface area (Å²) in [5, 5.41) is 3.49. The van der Waals surface area contributed by atoms with Gasteiger partial charge in [-0.1, -0.05) is 30.3 Å². The van der Waals surface area contributed by atoms with Crippen molar-refractivity contribution in [2.24, 2.45) is 5.92 Å². The molecule has 0 aromatic heterocycles. The molecule has 1 aromatic carbocycles. The molecule has 2 fully saturated rings. The fourth-order valence-electron chi connectivity index (χ4n) is 3.89. The summed E-state index contributed by atoms with van der Waals surface area (Å²) >= 11 is 0. The van der Waals surface area contributed by atoms with Crippen LogP contribution in [0.4, 0.5) is 8.78 Å². The Kier molecular flexibility index (Phi) is 4.06. The van der Waals surface area contributed by atoms with Gasteiger partial charge in [-0.05, 0) is 49.6 Å². The van der Waals surface area contributed by atoms with Crippen LogP contribution in [0.15, 0.2) is 30.3 Å². The average Bonchev–Trinajstić information content (AvgIpc) is 2.47. The summed E-state index contributed by atoms with van der Waals surface area (Å²) in [7, 11) is 0. The van der Waals surface area contributed by atoms with Gasteiger partial charge < -0.3 is 5.32 Å². The van der Waals surface area contributed by atoms with Crippen LogP contribution in [0.3, 0.4) is 0 Å². The lowest BCUT2D eigenvalue weighted by atomic mass is 9.75. The Hall–Kier alpha value is -0.960. The molecule has 1 aromatic rings. The first-order valence-corrected chi connectivity index (χ1v) is 7.80. The summed E-state index contributed by atoms with van der Waals surface area (Å²) in [6, 6.07) is 10.8. The van der Waals surface area contributed by atoms with Gasteiger partial charge in [-0.2, -0.15) is 0 Å². The van der Waals surface area contributed by atoms with Crippen molar-refractivity contribution in [3.8, 4) is 0 Å². The van der Waals surface area contributed by atoms with Crippen LogP contribution >= 0.6 is 0 Å². The lowest BCUT2D eigenvalue weighted by molar-refractivity contribution is -0.0598. The van der Waals surface area contributed by atoms with Crippen molar-refractivity contribution < 1.29 is 8.78 Å². The molecule has 3 rings (SSSR count). The van der Waals surface area contributed by atoms with Crippen molar-refractivity contribution in [3.05, 3.63) is 35.9 Å². The van der Waals surface area contributed by atoms with Crippen molar-refractivity contribution in [2.45, 2.75) is 56.4 Å². The highest BCUT2D eigenvalue weighted by Gasteiger charge is 2.40. The standard InChI is InChI=1S/C17H23F2N/c18-17(19)9-4-7-15(12-17)16-11-14(8-10-20-16)13-5-2-1-3-6-13/h1-3,5-6,14-16,20H,4,7-12H2/t14-,15+,16+/m1/s1. The van der Waals surface area contributed by atoms with Gasteiger partial charge >= 0.3 is 0 Å². The van der Waals surface area contributed by atoms with Crippen LogP contribution in [0.5, 0.6) is 0 Å². The van der Waals surface area contributed by atoms with E-state index in [4.69, 9.17) is 0 Å². The third-order valence-electron chi connectivity index (χ3n) is 4.96. The fourth-order valence-corrected chi connectivity index (χ4v) is 3.89. The molecule has 1 saturated heterocycles. The van der Waals surface area contributed by atoms with E-state index >= 15 is 0 Å². The molecule has 20 heavy (non-hydrogen) atoms. The molecule has 1 heterocycles. The summed E-state index contributed by atoms with van der Waals surface area (Å²) in [6.07, 6.45) is 3.90. The first-order chi connectivity index (χ1) is 9.64.